The Morgan fingerprint density at radius 3 is 2.23 bits per heavy atom. The third-order valence-corrected chi connectivity index (χ3v) is 14.6. The molecule has 1 aromatic carbocycles. The van der Waals surface area contributed by atoms with Gasteiger partial charge in [0.05, 0.1) is 34.7 Å². The van der Waals surface area contributed by atoms with Crippen LogP contribution in [0.5, 0.6) is 0 Å². The highest BCUT2D eigenvalue weighted by Gasteiger charge is 2.48. The van der Waals surface area contributed by atoms with Crippen LogP contribution in [0.1, 0.15) is 110 Å². The molecule has 0 spiro atoms. The lowest BCUT2D eigenvalue weighted by molar-refractivity contribution is -0.141. The van der Waals surface area contributed by atoms with Gasteiger partial charge in [0, 0.05) is 19.5 Å². The molecule has 56 heavy (non-hydrogen) atoms. The van der Waals surface area contributed by atoms with E-state index >= 15 is 0 Å². The van der Waals surface area contributed by atoms with Gasteiger partial charge in [-0.25, -0.2) is 18.0 Å². The van der Waals surface area contributed by atoms with Gasteiger partial charge in [-0.05, 0) is 68.9 Å². The lowest BCUT2D eigenvalue weighted by Gasteiger charge is -2.41. The maximum Gasteiger partial charge on any atom is 0.410 e. The first-order valence-electron chi connectivity index (χ1n) is 20.0. The van der Waals surface area contributed by atoms with Crippen LogP contribution in [0, 0.1) is 11.3 Å². The minimum absolute atomic E-state index is 0.00776. The highest BCUT2D eigenvalue weighted by molar-refractivity contribution is 7.92. The molecule has 2 heterocycles. The Bertz CT molecular complexity index is 1750. The number of aliphatic hydroxyl groups excluding tert-OH is 1. The van der Waals surface area contributed by atoms with Gasteiger partial charge < -0.3 is 36.0 Å². The number of likely N-dealkylation sites (tertiary alicyclic amines) is 1. The van der Waals surface area contributed by atoms with Crippen molar-refractivity contribution in [3.63, 3.8) is 0 Å². The van der Waals surface area contributed by atoms with Crippen LogP contribution in [-0.2, 0) is 41.9 Å². The molecule has 15 nitrogen and oxygen atoms in total. The van der Waals surface area contributed by atoms with Gasteiger partial charge in [0.2, 0.25) is 11.7 Å². The smallest absolute Gasteiger partial charge is 0.410 e. The number of hydrogen-bond donors (Lipinski definition) is 5. The minimum atomic E-state index is -3.62. The fraction of sp³-hybridized carbons (Fsp3) is 0.725. The fourth-order valence-electron chi connectivity index (χ4n) is 8.10. The maximum atomic E-state index is 14.7. The fourth-order valence-corrected chi connectivity index (χ4v) is 9.62. The summed E-state index contributed by atoms with van der Waals surface area (Å²) in [4.78, 5) is 69.9. The van der Waals surface area contributed by atoms with E-state index in [0.717, 1.165) is 43.2 Å². The average molecular weight is 803 g/mol. The summed E-state index contributed by atoms with van der Waals surface area (Å²) in [7, 11) is -3.62. The van der Waals surface area contributed by atoms with Crippen LogP contribution in [0.2, 0.25) is 0 Å². The molecule has 2 aliphatic heterocycles. The van der Waals surface area contributed by atoms with Crippen molar-refractivity contribution in [2.24, 2.45) is 17.1 Å². The molecule has 16 heteroatoms. The van der Waals surface area contributed by atoms with E-state index in [0.29, 0.717) is 32.4 Å². The molecule has 0 bridgehead atoms. The number of urea groups is 1. The molecule has 3 fully saturated rings. The number of hydrogen-bond acceptors (Lipinski definition) is 10. The molecular formula is C40H62N6O9S. The number of Topliss-reactive ketones (excluding diaryl/α,β-unsaturated/α-hetero) is 1. The summed E-state index contributed by atoms with van der Waals surface area (Å²) >= 11 is 0. The maximum absolute atomic E-state index is 14.7. The molecule has 5 amide bonds. The number of fused-ring (bicyclic) bond motifs is 1. The zero-order valence-electron chi connectivity index (χ0n) is 33.8. The van der Waals surface area contributed by atoms with Gasteiger partial charge in [0.15, 0.2) is 9.84 Å². The number of amides is 5. The van der Waals surface area contributed by atoms with E-state index in [9.17, 15) is 37.5 Å². The second-order valence-corrected chi connectivity index (χ2v) is 21.2. The van der Waals surface area contributed by atoms with E-state index in [2.05, 4.69) is 16.0 Å². The highest BCUT2D eigenvalue weighted by atomic mass is 32.2. The second-order valence-electron chi connectivity index (χ2n) is 18.4. The van der Waals surface area contributed by atoms with Crippen molar-refractivity contribution >= 4 is 39.6 Å². The number of ether oxygens (including phenoxy) is 1. The average Bonchev–Trinajstić information content (AvgIpc) is 3.84. The Balaban J connectivity index is 1.37. The predicted octanol–water partition coefficient (Wildman–Crippen LogP) is 2.91. The number of carbonyl (C=O) groups is 5. The number of sulfone groups is 1. The Hall–Kier alpha value is -3.76. The highest BCUT2D eigenvalue weighted by Crippen LogP contribution is 2.35. The van der Waals surface area contributed by atoms with Crippen LogP contribution in [0.25, 0.3) is 0 Å². The van der Waals surface area contributed by atoms with E-state index in [4.69, 9.17) is 10.5 Å². The zero-order chi connectivity index (χ0) is 41.2. The molecule has 5 atom stereocenters. The number of primary amides is 1. The van der Waals surface area contributed by atoms with Crippen LogP contribution in [0.4, 0.5) is 9.59 Å². The summed E-state index contributed by atoms with van der Waals surface area (Å²) in [5.41, 5.74) is 5.64. The summed E-state index contributed by atoms with van der Waals surface area (Å²) in [5, 5.41) is 20.4. The summed E-state index contributed by atoms with van der Waals surface area (Å²) in [6, 6.07) is 3.89. The quantitative estimate of drug-likeness (QED) is 0.145. The number of nitrogens with zero attached hydrogens (tertiary/aromatic N) is 2. The largest absolute Gasteiger partial charge is 0.444 e. The molecule has 4 aliphatic rings. The first-order valence-corrected chi connectivity index (χ1v) is 21.7. The first-order chi connectivity index (χ1) is 26.1. The number of rotatable bonds is 13. The third-order valence-electron chi connectivity index (χ3n) is 11.8. The van der Waals surface area contributed by atoms with Gasteiger partial charge >= 0.3 is 12.1 Å². The number of aliphatic hydroxyl groups is 1. The number of nitrogens with one attached hydrogen (secondary N) is 3. The topological polar surface area (TPSA) is 218 Å². The molecule has 312 valence electrons. The number of carbonyl (C=O) groups excluding carboxylic acids is 5. The molecule has 1 aromatic rings. The lowest BCUT2D eigenvalue weighted by atomic mass is 9.83. The van der Waals surface area contributed by atoms with E-state index in [-0.39, 0.29) is 31.1 Å². The predicted molar refractivity (Wildman–Crippen MR) is 210 cm³/mol. The SMILES string of the molecule is CC(C)(C)C(NC(=O)NC1(CS(=O)(=O)C(C)(C)C)CCCCC1)C(=O)N1C[C@H](OC(=O)N2CCc3ccccc3C2)CC1C(O)NC(CC1CC1)C(=O)C(N)=O. The molecule has 2 aliphatic carbocycles. The Morgan fingerprint density at radius 2 is 1.64 bits per heavy atom. The van der Waals surface area contributed by atoms with E-state index in [1.165, 1.54) is 4.90 Å². The Kier molecular flexibility index (Phi) is 13.2. The molecule has 4 unspecified atom stereocenters. The van der Waals surface area contributed by atoms with Crippen molar-refractivity contribution in [3.05, 3.63) is 35.4 Å². The first kappa shape index (κ1) is 43.4. The summed E-state index contributed by atoms with van der Waals surface area (Å²) in [6.07, 6.45) is 3.10. The molecule has 6 N–H and O–H groups in total. The number of ketones is 1. The van der Waals surface area contributed by atoms with E-state index in [1.807, 2.05) is 24.3 Å². The van der Waals surface area contributed by atoms with Gasteiger partial charge in [-0.3, -0.25) is 19.7 Å². The van der Waals surface area contributed by atoms with Gasteiger partial charge in [-0.2, -0.15) is 0 Å². The van der Waals surface area contributed by atoms with Crippen molar-refractivity contribution in [2.75, 3.05) is 18.8 Å². The minimum Gasteiger partial charge on any atom is -0.444 e. The Morgan fingerprint density at radius 1 is 1.00 bits per heavy atom. The molecule has 0 aromatic heterocycles. The van der Waals surface area contributed by atoms with E-state index < -0.39 is 85.7 Å². The van der Waals surface area contributed by atoms with Crippen molar-refractivity contribution in [1.29, 1.82) is 0 Å². The van der Waals surface area contributed by atoms with Crippen molar-refractivity contribution in [2.45, 2.75) is 153 Å². The molecule has 2 saturated carbocycles. The molecule has 0 radical (unpaired) electrons. The Labute approximate surface area is 331 Å². The second kappa shape index (κ2) is 17.0. The summed E-state index contributed by atoms with van der Waals surface area (Å²) in [6.45, 7) is 10.9. The standard InChI is InChI=1S/C40H62N6O9S/c1-38(2,3)32(43-36(51)44-40(17-10-7-11-18-40)24-56(53,54)39(4,5)6)35(50)46-23-28(55-37(52)45-19-16-26-12-8-9-13-27(26)22-45)21-30(46)34(49)42-29(20-25-14-15-25)31(47)33(41)48/h8-9,12-13,25,28-30,32,34,42,49H,7,10-11,14-24H2,1-6H3,(H2,41,48)(H2,43,44,51)/t28-,29?,30?,32?,34?/m1/s1. The number of benzene rings is 1. The van der Waals surface area contributed by atoms with E-state index in [1.54, 1.807) is 46.4 Å². The van der Waals surface area contributed by atoms with Crippen LogP contribution < -0.4 is 21.7 Å². The van der Waals surface area contributed by atoms with Crippen LogP contribution in [0.3, 0.4) is 0 Å². The lowest BCUT2D eigenvalue weighted by Crippen LogP contribution is -2.64. The van der Waals surface area contributed by atoms with Crippen LogP contribution in [0.15, 0.2) is 24.3 Å². The van der Waals surface area contributed by atoms with Crippen LogP contribution >= 0.6 is 0 Å². The normalized spacial score (nSPS) is 23.0. The van der Waals surface area contributed by atoms with Gasteiger partial charge in [0.25, 0.3) is 5.91 Å². The third kappa shape index (κ3) is 10.6. The van der Waals surface area contributed by atoms with Crippen LogP contribution in [-0.4, -0.2) is 113 Å². The van der Waals surface area contributed by atoms with Gasteiger partial charge in [-0.15, -0.1) is 0 Å². The van der Waals surface area contributed by atoms with Gasteiger partial charge in [0.1, 0.15) is 18.4 Å². The van der Waals surface area contributed by atoms with Crippen molar-refractivity contribution < 1.29 is 42.2 Å². The molecule has 1 saturated heterocycles. The molecule has 5 rings (SSSR count). The van der Waals surface area contributed by atoms with Crippen molar-refractivity contribution in [3.8, 4) is 0 Å². The summed E-state index contributed by atoms with van der Waals surface area (Å²) in [5.74, 6) is -2.64. The van der Waals surface area contributed by atoms with Crippen molar-refractivity contribution in [1.82, 2.24) is 25.8 Å². The zero-order valence-corrected chi connectivity index (χ0v) is 34.6. The summed E-state index contributed by atoms with van der Waals surface area (Å²) < 4.78 is 31.8. The monoisotopic (exact) mass is 802 g/mol. The van der Waals surface area contributed by atoms with Gasteiger partial charge in [-0.1, -0.05) is 77.1 Å². The molecular weight excluding hydrogens is 741 g/mol. The number of nitrogens with two attached hydrogens (primary N) is 1.